The standard InChI is InChI=1S/C15H22N2O3/c18-11-14-6-8-17(10-14)9-7-16-15(19)20-12-13-4-2-1-3-5-13/h1-5,14,18H,6-12H2,(H,16,19). The summed E-state index contributed by atoms with van der Waals surface area (Å²) in [6.45, 7) is 3.83. The summed E-state index contributed by atoms with van der Waals surface area (Å²) < 4.78 is 5.13. The largest absolute Gasteiger partial charge is 0.445 e. The minimum Gasteiger partial charge on any atom is -0.445 e. The molecule has 5 heteroatoms. The molecule has 0 spiro atoms. The van der Waals surface area contributed by atoms with Crippen molar-refractivity contribution in [3.8, 4) is 0 Å². The van der Waals surface area contributed by atoms with Gasteiger partial charge in [-0.1, -0.05) is 30.3 Å². The van der Waals surface area contributed by atoms with E-state index in [0.717, 1.165) is 31.6 Å². The number of aliphatic hydroxyl groups excluding tert-OH is 1. The van der Waals surface area contributed by atoms with Gasteiger partial charge in [0.15, 0.2) is 0 Å². The van der Waals surface area contributed by atoms with Crippen LogP contribution in [0.2, 0.25) is 0 Å². The minimum absolute atomic E-state index is 0.253. The number of hydrogen-bond acceptors (Lipinski definition) is 4. The number of amides is 1. The van der Waals surface area contributed by atoms with Gasteiger partial charge in [-0.3, -0.25) is 0 Å². The smallest absolute Gasteiger partial charge is 0.407 e. The molecule has 5 nitrogen and oxygen atoms in total. The first kappa shape index (κ1) is 14.8. The highest BCUT2D eigenvalue weighted by molar-refractivity contribution is 5.67. The summed E-state index contributed by atoms with van der Waals surface area (Å²) in [4.78, 5) is 13.8. The molecule has 1 saturated heterocycles. The second-order valence-electron chi connectivity index (χ2n) is 5.13. The molecule has 20 heavy (non-hydrogen) atoms. The lowest BCUT2D eigenvalue weighted by Gasteiger charge is -2.15. The second kappa shape index (κ2) is 7.87. The van der Waals surface area contributed by atoms with Gasteiger partial charge in [0.2, 0.25) is 0 Å². The number of nitrogens with zero attached hydrogens (tertiary/aromatic N) is 1. The summed E-state index contributed by atoms with van der Waals surface area (Å²) in [7, 11) is 0. The third-order valence-corrected chi connectivity index (χ3v) is 3.54. The number of ether oxygens (including phenoxy) is 1. The Bertz CT molecular complexity index is 411. The van der Waals surface area contributed by atoms with E-state index in [9.17, 15) is 4.79 Å². The lowest BCUT2D eigenvalue weighted by atomic mass is 10.1. The lowest BCUT2D eigenvalue weighted by Crippen LogP contribution is -2.34. The fraction of sp³-hybridized carbons (Fsp3) is 0.533. The molecule has 2 N–H and O–H groups in total. The first-order valence-corrected chi connectivity index (χ1v) is 7.05. The Kier molecular flexibility index (Phi) is 5.83. The van der Waals surface area contributed by atoms with Crippen LogP contribution in [0.3, 0.4) is 0 Å². The molecule has 1 aliphatic heterocycles. The molecule has 1 aliphatic rings. The number of carbonyl (C=O) groups excluding carboxylic acids is 1. The molecule has 1 unspecified atom stereocenters. The van der Waals surface area contributed by atoms with Gasteiger partial charge in [0.1, 0.15) is 6.61 Å². The number of likely N-dealkylation sites (tertiary alicyclic amines) is 1. The lowest BCUT2D eigenvalue weighted by molar-refractivity contribution is 0.138. The van der Waals surface area contributed by atoms with E-state index in [1.54, 1.807) is 0 Å². The van der Waals surface area contributed by atoms with E-state index in [4.69, 9.17) is 9.84 Å². The average Bonchev–Trinajstić information content (AvgIpc) is 2.94. The van der Waals surface area contributed by atoms with Crippen molar-refractivity contribution in [1.82, 2.24) is 10.2 Å². The van der Waals surface area contributed by atoms with Crippen LogP contribution >= 0.6 is 0 Å². The summed E-state index contributed by atoms with van der Waals surface area (Å²) in [5.74, 6) is 0.389. The van der Waals surface area contributed by atoms with Gasteiger partial charge in [0.05, 0.1) is 0 Å². The van der Waals surface area contributed by atoms with Crippen molar-refractivity contribution in [3.05, 3.63) is 35.9 Å². The van der Waals surface area contributed by atoms with Crippen LogP contribution in [0.4, 0.5) is 4.79 Å². The highest BCUT2D eigenvalue weighted by Crippen LogP contribution is 2.14. The highest BCUT2D eigenvalue weighted by atomic mass is 16.5. The number of hydrogen-bond donors (Lipinski definition) is 2. The van der Waals surface area contributed by atoms with Gasteiger partial charge < -0.3 is 20.1 Å². The third-order valence-electron chi connectivity index (χ3n) is 3.54. The molecule has 1 aromatic carbocycles. The number of benzene rings is 1. The van der Waals surface area contributed by atoms with Crippen LogP contribution in [0, 0.1) is 5.92 Å². The molecule has 0 saturated carbocycles. The van der Waals surface area contributed by atoms with Gasteiger partial charge in [-0.15, -0.1) is 0 Å². The summed E-state index contributed by atoms with van der Waals surface area (Å²) in [6, 6.07) is 9.61. The van der Waals surface area contributed by atoms with Crippen molar-refractivity contribution in [2.75, 3.05) is 32.8 Å². The van der Waals surface area contributed by atoms with E-state index < -0.39 is 0 Å². The van der Waals surface area contributed by atoms with Gasteiger partial charge in [-0.05, 0) is 24.4 Å². The van der Waals surface area contributed by atoms with Gasteiger partial charge >= 0.3 is 6.09 Å². The number of nitrogens with one attached hydrogen (secondary N) is 1. The number of aliphatic hydroxyl groups is 1. The number of carbonyl (C=O) groups is 1. The first-order valence-electron chi connectivity index (χ1n) is 7.05. The number of alkyl carbamates (subject to hydrolysis) is 1. The molecule has 0 radical (unpaired) electrons. The summed E-state index contributed by atoms with van der Waals surface area (Å²) in [5, 5.41) is 11.8. The van der Waals surface area contributed by atoms with Crippen molar-refractivity contribution in [3.63, 3.8) is 0 Å². The quantitative estimate of drug-likeness (QED) is 0.821. The molecule has 1 amide bonds. The Morgan fingerprint density at radius 1 is 1.40 bits per heavy atom. The fourth-order valence-electron chi connectivity index (χ4n) is 2.36. The van der Waals surface area contributed by atoms with Crippen LogP contribution in [0.1, 0.15) is 12.0 Å². The first-order chi connectivity index (χ1) is 9.78. The normalized spacial score (nSPS) is 18.9. The Morgan fingerprint density at radius 2 is 2.20 bits per heavy atom. The summed E-state index contributed by atoms with van der Waals surface area (Å²) in [6.07, 6.45) is 0.654. The Balaban J connectivity index is 1.57. The zero-order valence-electron chi connectivity index (χ0n) is 11.6. The molecular weight excluding hydrogens is 256 g/mol. The van der Waals surface area contributed by atoms with E-state index >= 15 is 0 Å². The molecule has 1 fully saturated rings. The van der Waals surface area contributed by atoms with Crippen molar-refractivity contribution in [2.45, 2.75) is 13.0 Å². The van der Waals surface area contributed by atoms with Crippen LogP contribution in [0.15, 0.2) is 30.3 Å². The van der Waals surface area contributed by atoms with Crippen LogP contribution < -0.4 is 5.32 Å². The predicted octanol–water partition coefficient (Wildman–Crippen LogP) is 1.23. The summed E-state index contributed by atoms with van der Waals surface area (Å²) >= 11 is 0. The van der Waals surface area contributed by atoms with Crippen molar-refractivity contribution >= 4 is 6.09 Å². The summed E-state index contributed by atoms with van der Waals surface area (Å²) in [5.41, 5.74) is 0.980. The molecule has 0 aromatic heterocycles. The molecule has 1 heterocycles. The molecule has 2 rings (SSSR count). The monoisotopic (exact) mass is 278 g/mol. The highest BCUT2D eigenvalue weighted by Gasteiger charge is 2.21. The van der Waals surface area contributed by atoms with Crippen LogP contribution in [-0.2, 0) is 11.3 Å². The Labute approximate surface area is 119 Å². The second-order valence-corrected chi connectivity index (χ2v) is 5.13. The molecule has 1 atom stereocenters. The zero-order chi connectivity index (χ0) is 14.2. The molecular formula is C15H22N2O3. The maximum Gasteiger partial charge on any atom is 0.407 e. The predicted molar refractivity (Wildman–Crippen MR) is 76.3 cm³/mol. The van der Waals surface area contributed by atoms with Gasteiger partial charge in [-0.2, -0.15) is 0 Å². The molecule has 110 valence electrons. The van der Waals surface area contributed by atoms with E-state index in [0.29, 0.717) is 19.1 Å². The van der Waals surface area contributed by atoms with E-state index in [1.165, 1.54) is 0 Å². The van der Waals surface area contributed by atoms with Crippen LogP contribution in [0.5, 0.6) is 0 Å². The van der Waals surface area contributed by atoms with E-state index in [1.807, 2.05) is 30.3 Å². The minimum atomic E-state index is -0.383. The van der Waals surface area contributed by atoms with Crippen molar-refractivity contribution in [1.29, 1.82) is 0 Å². The van der Waals surface area contributed by atoms with Crippen molar-refractivity contribution in [2.24, 2.45) is 5.92 Å². The Hall–Kier alpha value is -1.59. The van der Waals surface area contributed by atoms with Gasteiger partial charge in [-0.25, -0.2) is 4.79 Å². The SMILES string of the molecule is O=C(NCCN1CCC(CO)C1)OCc1ccccc1. The third kappa shape index (κ3) is 4.83. The van der Waals surface area contributed by atoms with Crippen LogP contribution in [-0.4, -0.2) is 48.9 Å². The molecule has 1 aromatic rings. The van der Waals surface area contributed by atoms with Crippen LogP contribution in [0.25, 0.3) is 0 Å². The van der Waals surface area contributed by atoms with Crippen molar-refractivity contribution < 1.29 is 14.6 Å². The average molecular weight is 278 g/mol. The Morgan fingerprint density at radius 3 is 2.90 bits per heavy atom. The topological polar surface area (TPSA) is 61.8 Å². The maximum atomic E-state index is 11.5. The van der Waals surface area contributed by atoms with Gasteiger partial charge in [0.25, 0.3) is 0 Å². The number of rotatable bonds is 6. The fourth-order valence-corrected chi connectivity index (χ4v) is 2.36. The van der Waals surface area contributed by atoms with Gasteiger partial charge in [0, 0.05) is 26.2 Å². The van der Waals surface area contributed by atoms with E-state index in [-0.39, 0.29) is 12.7 Å². The molecule has 0 bridgehead atoms. The molecule has 0 aliphatic carbocycles. The zero-order valence-corrected chi connectivity index (χ0v) is 11.6. The van der Waals surface area contributed by atoms with E-state index in [2.05, 4.69) is 10.2 Å². The maximum absolute atomic E-state index is 11.5.